The summed E-state index contributed by atoms with van der Waals surface area (Å²) in [5.41, 5.74) is 8.14. The molecular weight excluding hydrogens is 424 g/mol. The molecule has 0 aliphatic carbocycles. The number of amides is 2. The number of para-hydroxylation sites is 1. The number of nitrogens with zero attached hydrogens (tertiary/aromatic N) is 2. The van der Waals surface area contributed by atoms with Gasteiger partial charge < -0.3 is 10.5 Å². The van der Waals surface area contributed by atoms with Gasteiger partial charge >= 0.3 is 5.97 Å². The van der Waals surface area contributed by atoms with Crippen LogP contribution >= 0.6 is 0 Å². The van der Waals surface area contributed by atoms with Gasteiger partial charge in [-0.05, 0) is 24.3 Å². The van der Waals surface area contributed by atoms with Crippen LogP contribution in [0.25, 0.3) is 27.8 Å². The van der Waals surface area contributed by atoms with Gasteiger partial charge in [0.05, 0.1) is 40.7 Å². The van der Waals surface area contributed by atoms with Crippen LogP contribution in [0.3, 0.4) is 0 Å². The molecular formula is C24H16N4O5. The summed E-state index contributed by atoms with van der Waals surface area (Å²) in [4.78, 5) is 53.5. The summed E-state index contributed by atoms with van der Waals surface area (Å²) in [6, 6.07) is 16.7. The van der Waals surface area contributed by atoms with E-state index in [1.54, 1.807) is 42.5 Å². The van der Waals surface area contributed by atoms with E-state index in [0.717, 1.165) is 10.6 Å². The Kier molecular flexibility index (Phi) is 4.52. The van der Waals surface area contributed by atoms with Crippen LogP contribution in [0.15, 0.2) is 65.5 Å². The number of methoxy groups -OCH3 is 1. The molecule has 9 heteroatoms. The molecule has 4 aromatic rings. The van der Waals surface area contributed by atoms with Crippen molar-refractivity contribution >= 4 is 34.5 Å². The number of carbonyl (C=O) groups is 3. The lowest BCUT2D eigenvalue weighted by Gasteiger charge is -2.13. The zero-order chi connectivity index (χ0) is 23.3. The van der Waals surface area contributed by atoms with Crippen LogP contribution in [0, 0.1) is 0 Å². The summed E-state index contributed by atoms with van der Waals surface area (Å²) < 4.78 is 6.08. The second-order valence-corrected chi connectivity index (χ2v) is 7.39. The fourth-order valence-corrected chi connectivity index (χ4v) is 3.93. The standard InChI is InChI=1S/C24H16N4O5/c1-33-24(32)15-10-18(26-17-5-3-2-4-14(15)17)12-6-8-13(9-7-12)28-19(29)11-16-20(21(28)25)23(31)27-22(16)30/h2-11H,25H2,1H3,(H,27,30,31). The maximum absolute atomic E-state index is 12.6. The SMILES string of the molecule is COC(=O)c1cc(-c2ccc(-n3c(N)c4c(cc3=O)C(=O)NC4=O)cc2)nc2ccccc12. The van der Waals surface area contributed by atoms with Gasteiger partial charge in [0.1, 0.15) is 5.82 Å². The highest BCUT2D eigenvalue weighted by atomic mass is 16.5. The van der Waals surface area contributed by atoms with E-state index in [-0.39, 0.29) is 16.9 Å². The molecule has 5 rings (SSSR count). The van der Waals surface area contributed by atoms with Gasteiger partial charge in [-0.15, -0.1) is 0 Å². The number of pyridine rings is 2. The van der Waals surface area contributed by atoms with Gasteiger partial charge in [0.15, 0.2) is 0 Å². The van der Waals surface area contributed by atoms with Crippen LogP contribution in [0.4, 0.5) is 5.82 Å². The summed E-state index contributed by atoms with van der Waals surface area (Å²) >= 11 is 0. The van der Waals surface area contributed by atoms with E-state index in [1.165, 1.54) is 7.11 Å². The van der Waals surface area contributed by atoms with Gasteiger partial charge in [-0.1, -0.05) is 30.3 Å². The third kappa shape index (κ3) is 3.14. The Morgan fingerprint density at radius 1 is 1.00 bits per heavy atom. The van der Waals surface area contributed by atoms with Crippen molar-refractivity contribution in [3.63, 3.8) is 0 Å². The number of hydrogen-bond donors (Lipinski definition) is 2. The fourth-order valence-electron chi connectivity index (χ4n) is 3.93. The highest BCUT2D eigenvalue weighted by molar-refractivity contribution is 6.23. The number of aromatic nitrogens is 2. The lowest BCUT2D eigenvalue weighted by atomic mass is 10.0. The number of nitrogens with one attached hydrogen (secondary N) is 1. The van der Waals surface area contributed by atoms with Crippen molar-refractivity contribution < 1.29 is 19.1 Å². The molecule has 0 unspecified atom stereocenters. The monoisotopic (exact) mass is 440 g/mol. The second kappa shape index (κ2) is 7.41. The highest BCUT2D eigenvalue weighted by Crippen LogP contribution is 2.27. The minimum atomic E-state index is -0.648. The zero-order valence-electron chi connectivity index (χ0n) is 17.3. The molecule has 2 aromatic heterocycles. The number of benzene rings is 2. The number of carbonyl (C=O) groups excluding carboxylic acids is 3. The number of imide groups is 1. The summed E-state index contributed by atoms with van der Waals surface area (Å²) in [5, 5.41) is 2.81. The molecule has 0 saturated carbocycles. The first-order valence-corrected chi connectivity index (χ1v) is 9.89. The lowest BCUT2D eigenvalue weighted by molar-refractivity contribution is 0.0602. The molecule has 1 aliphatic rings. The van der Waals surface area contributed by atoms with Crippen molar-refractivity contribution in [2.75, 3.05) is 12.8 Å². The number of hydrogen-bond acceptors (Lipinski definition) is 7. The van der Waals surface area contributed by atoms with Crippen LogP contribution < -0.4 is 16.6 Å². The van der Waals surface area contributed by atoms with Crippen molar-refractivity contribution in [1.29, 1.82) is 0 Å². The van der Waals surface area contributed by atoms with Gasteiger partial charge in [0.2, 0.25) is 0 Å². The Hall–Kier alpha value is -4.79. The quantitative estimate of drug-likeness (QED) is 0.369. The molecule has 0 atom stereocenters. The maximum Gasteiger partial charge on any atom is 0.338 e. The second-order valence-electron chi connectivity index (χ2n) is 7.39. The summed E-state index contributed by atoms with van der Waals surface area (Å²) in [5.74, 6) is -1.89. The molecule has 9 nitrogen and oxygen atoms in total. The van der Waals surface area contributed by atoms with E-state index in [2.05, 4.69) is 10.3 Å². The van der Waals surface area contributed by atoms with Gasteiger partial charge in [0.25, 0.3) is 17.4 Å². The number of nitrogens with two attached hydrogens (primary N) is 1. The van der Waals surface area contributed by atoms with Crippen LogP contribution in [0.5, 0.6) is 0 Å². The first kappa shape index (κ1) is 20.1. The Morgan fingerprint density at radius 2 is 1.73 bits per heavy atom. The smallest absolute Gasteiger partial charge is 0.338 e. The maximum atomic E-state index is 12.6. The third-order valence-corrected chi connectivity index (χ3v) is 5.50. The van der Waals surface area contributed by atoms with Crippen molar-refractivity contribution in [3.8, 4) is 16.9 Å². The van der Waals surface area contributed by atoms with Crippen molar-refractivity contribution in [2.45, 2.75) is 0 Å². The largest absolute Gasteiger partial charge is 0.465 e. The molecule has 0 fully saturated rings. The summed E-state index contributed by atoms with van der Waals surface area (Å²) in [7, 11) is 1.32. The molecule has 0 radical (unpaired) electrons. The Labute approximate surface area is 186 Å². The highest BCUT2D eigenvalue weighted by Gasteiger charge is 2.31. The number of fused-ring (bicyclic) bond motifs is 2. The molecule has 0 saturated heterocycles. The molecule has 3 heterocycles. The average molecular weight is 440 g/mol. The topological polar surface area (TPSA) is 133 Å². The molecule has 0 bridgehead atoms. The van der Waals surface area contributed by atoms with Crippen molar-refractivity contribution in [1.82, 2.24) is 14.9 Å². The number of esters is 1. The van der Waals surface area contributed by atoms with Gasteiger partial charge in [0, 0.05) is 17.0 Å². The third-order valence-electron chi connectivity index (χ3n) is 5.50. The van der Waals surface area contributed by atoms with Gasteiger partial charge in [-0.2, -0.15) is 0 Å². The van der Waals surface area contributed by atoms with E-state index >= 15 is 0 Å². The normalized spacial score (nSPS) is 12.5. The molecule has 2 amide bonds. The Morgan fingerprint density at radius 3 is 2.45 bits per heavy atom. The molecule has 33 heavy (non-hydrogen) atoms. The summed E-state index contributed by atoms with van der Waals surface area (Å²) in [6.45, 7) is 0. The van der Waals surface area contributed by atoms with E-state index in [0.29, 0.717) is 33.4 Å². The fraction of sp³-hybridized carbons (Fsp3) is 0.0417. The molecule has 3 N–H and O–H groups in total. The number of ether oxygens (including phenoxy) is 1. The molecule has 2 aromatic carbocycles. The Balaban J connectivity index is 1.61. The average Bonchev–Trinajstić information content (AvgIpc) is 3.11. The van der Waals surface area contributed by atoms with E-state index in [1.807, 2.05) is 12.1 Å². The zero-order valence-corrected chi connectivity index (χ0v) is 17.3. The van der Waals surface area contributed by atoms with E-state index in [4.69, 9.17) is 10.5 Å². The van der Waals surface area contributed by atoms with E-state index in [9.17, 15) is 19.2 Å². The number of rotatable bonds is 3. The predicted octanol–water partition coefficient (Wildman–Crippen LogP) is 2.31. The molecule has 1 aliphatic heterocycles. The first-order valence-electron chi connectivity index (χ1n) is 9.89. The van der Waals surface area contributed by atoms with Crippen LogP contribution in [0.2, 0.25) is 0 Å². The minimum absolute atomic E-state index is 0.0254. The van der Waals surface area contributed by atoms with Gasteiger partial charge in [-0.3, -0.25) is 24.3 Å². The summed E-state index contributed by atoms with van der Waals surface area (Å²) in [6.07, 6.45) is 0. The number of anilines is 1. The van der Waals surface area contributed by atoms with Crippen LogP contribution in [-0.2, 0) is 4.74 Å². The minimum Gasteiger partial charge on any atom is -0.465 e. The number of nitrogen functional groups attached to an aromatic ring is 1. The van der Waals surface area contributed by atoms with Crippen LogP contribution in [0.1, 0.15) is 31.1 Å². The van der Waals surface area contributed by atoms with Crippen molar-refractivity contribution in [2.24, 2.45) is 0 Å². The Bertz CT molecular complexity index is 1550. The predicted molar refractivity (Wildman–Crippen MR) is 120 cm³/mol. The lowest BCUT2D eigenvalue weighted by Crippen LogP contribution is -2.24. The van der Waals surface area contributed by atoms with Crippen LogP contribution in [-0.4, -0.2) is 34.4 Å². The van der Waals surface area contributed by atoms with Crippen molar-refractivity contribution in [3.05, 3.63) is 87.7 Å². The molecule has 0 spiro atoms. The first-order chi connectivity index (χ1) is 15.9. The van der Waals surface area contributed by atoms with Gasteiger partial charge in [-0.25, -0.2) is 9.78 Å². The van der Waals surface area contributed by atoms with E-state index < -0.39 is 23.3 Å². The molecule has 162 valence electrons.